The third kappa shape index (κ3) is 3.35. The zero-order valence-electron chi connectivity index (χ0n) is 19.8. The van der Waals surface area contributed by atoms with Crippen molar-refractivity contribution in [2.75, 3.05) is 0 Å². The Labute approximate surface area is 195 Å². The second kappa shape index (κ2) is 7.89. The van der Waals surface area contributed by atoms with Gasteiger partial charge in [0.05, 0.1) is 0 Å². The summed E-state index contributed by atoms with van der Waals surface area (Å²) in [5.74, 6) is 0.367. The van der Waals surface area contributed by atoms with Gasteiger partial charge < -0.3 is 10.2 Å². The Morgan fingerprint density at radius 1 is 0.727 bits per heavy atom. The molecule has 0 unspecified atom stereocenters. The van der Waals surface area contributed by atoms with E-state index < -0.39 is 15.7 Å². The normalized spacial score (nSPS) is 16.4. The van der Waals surface area contributed by atoms with Gasteiger partial charge in [0.1, 0.15) is 16.4 Å². The molecule has 0 bridgehead atoms. The van der Waals surface area contributed by atoms with Crippen LogP contribution in [0.4, 0.5) is 0 Å². The average molecular weight is 467 g/mol. The molecule has 2 N–H and O–H groups in total. The molecule has 1 aliphatic heterocycles. The molecule has 0 radical (unpaired) electrons. The number of hydrogen-bond donors (Lipinski definition) is 2. The first-order valence-corrected chi connectivity index (χ1v) is 12.5. The molecular formula is C27H30O5S. The van der Waals surface area contributed by atoms with E-state index in [0.717, 1.165) is 22.3 Å². The van der Waals surface area contributed by atoms with E-state index in [1.807, 2.05) is 41.5 Å². The topological polar surface area (TPSA) is 83.8 Å². The highest BCUT2D eigenvalue weighted by Crippen LogP contribution is 2.54. The maximum atomic E-state index is 13.3. The highest BCUT2D eigenvalue weighted by Gasteiger charge is 2.53. The summed E-state index contributed by atoms with van der Waals surface area (Å²) in [6.45, 7) is 11.7. The van der Waals surface area contributed by atoms with Crippen LogP contribution in [-0.2, 0) is 19.9 Å². The first-order valence-electron chi connectivity index (χ1n) is 11.1. The fraction of sp³-hybridized carbons (Fsp3) is 0.333. The van der Waals surface area contributed by atoms with Gasteiger partial charge in [-0.2, -0.15) is 8.42 Å². The molecule has 5 nitrogen and oxygen atoms in total. The second-order valence-corrected chi connectivity index (χ2v) is 10.9. The lowest BCUT2D eigenvalue weighted by Crippen LogP contribution is -2.32. The van der Waals surface area contributed by atoms with Crippen LogP contribution in [0.5, 0.6) is 11.5 Å². The van der Waals surface area contributed by atoms with Crippen LogP contribution in [0.15, 0.2) is 53.4 Å². The van der Waals surface area contributed by atoms with E-state index in [4.69, 9.17) is 4.18 Å². The molecule has 0 aromatic heterocycles. The molecule has 0 atom stereocenters. The van der Waals surface area contributed by atoms with Crippen molar-refractivity contribution in [3.05, 3.63) is 87.5 Å². The molecule has 0 saturated carbocycles. The number of fused-ring (bicyclic) bond motifs is 1. The number of aromatic hydroxyl groups is 2. The van der Waals surface area contributed by atoms with Crippen molar-refractivity contribution in [1.82, 2.24) is 0 Å². The van der Waals surface area contributed by atoms with Crippen molar-refractivity contribution in [3.63, 3.8) is 0 Å². The number of benzene rings is 3. The monoisotopic (exact) mass is 466 g/mol. The Hall–Kier alpha value is -2.83. The van der Waals surface area contributed by atoms with Crippen LogP contribution in [0.25, 0.3) is 0 Å². The summed E-state index contributed by atoms with van der Waals surface area (Å²) in [5, 5.41) is 21.2. The van der Waals surface area contributed by atoms with Crippen LogP contribution in [0.1, 0.15) is 78.5 Å². The average Bonchev–Trinajstić information content (AvgIpc) is 2.96. The van der Waals surface area contributed by atoms with Crippen molar-refractivity contribution in [2.45, 2.75) is 63.9 Å². The lowest BCUT2D eigenvalue weighted by Gasteiger charge is -2.34. The highest BCUT2D eigenvalue weighted by atomic mass is 32.2. The highest BCUT2D eigenvalue weighted by molar-refractivity contribution is 7.87. The number of rotatable bonds is 4. The predicted molar refractivity (Wildman–Crippen MR) is 128 cm³/mol. The molecule has 6 heteroatoms. The number of phenols is 2. The van der Waals surface area contributed by atoms with Gasteiger partial charge in [0.25, 0.3) is 10.1 Å². The molecule has 0 spiro atoms. The number of phenolic OH excluding ortho intramolecular Hbond substituents is 2. The van der Waals surface area contributed by atoms with E-state index >= 15 is 0 Å². The van der Waals surface area contributed by atoms with Gasteiger partial charge in [-0.05, 0) is 77.3 Å². The molecule has 4 rings (SSSR count). The largest absolute Gasteiger partial charge is 0.508 e. The summed E-state index contributed by atoms with van der Waals surface area (Å²) < 4.78 is 32.7. The van der Waals surface area contributed by atoms with E-state index in [0.29, 0.717) is 16.7 Å². The standard InChI is InChI=1S/C27H30O5S/c1-15(2)25-17(5)19(11-13-22(25)28)27(20-12-14-23(29)26(16(3)4)18(20)6)21-9-7-8-10-24(21)33(30,31)32-27/h7-16,28-29H,1-6H3. The molecular weight excluding hydrogens is 436 g/mol. The minimum atomic E-state index is -4.05. The molecule has 3 aromatic carbocycles. The zero-order chi connectivity index (χ0) is 24.3. The molecule has 174 valence electrons. The van der Waals surface area contributed by atoms with Gasteiger partial charge in [-0.15, -0.1) is 0 Å². The fourth-order valence-corrected chi connectivity index (χ4v) is 6.82. The maximum Gasteiger partial charge on any atom is 0.298 e. The Morgan fingerprint density at radius 3 is 1.64 bits per heavy atom. The van der Waals surface area contributed by atoms with Crippen LogP contribution in [0.2, 0.25) is 0 Å². The quantitative estimate of drug-likeness (QED) is 0.463. The molecule has 0 saturated heterocycles. The van der Waals surface area contributed by atoms with Crippen molar-refractivity contribution in [1.29, 1.82) is 0 Å². The minimum Gasteiger partial charge on any atom is -0.508 e. The Bertz CT molecular complexity index is 1290. The van der Waals surface area contributed by atoms with E-state index in [-0.39, 0.29) is 28.2 Å². The van der Waals surface area contributed by atoms with Gasteiger partial charge in [0.2, 0.25) is 0 Å². The third-order valence-corrected chi connectivity index (χ3v) is 8.03. The summed E-state index contributed by atoms with van der Waals surface area (Å²) in [6.07, 6.45) is 0. The second-order valence-electron chi connectivity index (χ2n) is 9.37. The summed E-state index contributed by atoms with van der Waals surface area (Å²) in [5.41, 5.74) is 3.43. The lowest BCUT2D eigenvalue weighted by atomic mass is 9.74. The number of hydrogen-bond acceptors (Lipinski definition) is 5. The van der Waals surface area contributed by atoms with Gasteiger partial charge in [0.15, 0.2) is 5.60 Å². The Balaban J connectivity index is 2.21. The van der Waals surface area contributed by atoms with E-state index in [1.54, 1.807) is 48.5 Å². The zero-order valence-corrected chi connectivity index (χ0v) is 20.6. The van der Waals surface area contributed by atoms with Crippen LogP contribution in [0, 0.1) is 13.8 Å². The van der Waals surface area contributed by atoms with Crippen molar-refractivity contribution >= 4 is 10.1 Å². The lowest BCUT2D eigenvalue weighted by molar-refractivity contribution is 0.178. The fourth-order valence-electron chi connectivity index (χ4n) is 5.40. The molecule has 0 amide bonds. The summed E-state index contributed by atoms with van der Waals surface area (Å²) in [6, 6.07) is 13.5. The van der Waals surface area contributed by atoms with E-state index in [1.165, 1.54) is 0 Å². The van der Waals surface area contributed by atoms with Gasteiger partial charge in [-0.3, -0.25) is 0 Å². The first-order chi connectivity index (χ1) is 15.4. The van der Waals surface area contributed by atoms with E-state index in [9.17, 15) is 18.6 Å². The predicted octanol–water partition coefficient (Wildman–Crippen LogP) is 5.97. The Kier molecular flexibility index (Phi) is 5.58. The van der Waals surface area contributed by atoms with Gasteiger partial charge in [-0.1, -0.05) is 58.0 Å². The van der Waals surface area contributed by atoms with Gasteiger partial charge in [-0.25, -0.2) is 4.18 Å². The SMILES string of the molecule is Cc1c(C2(c3ccc(O)c(C(C)C)c3C)OS(=O)(=O)c3ccccc32)ccc(O)c1C(C)C. The van der Waals surface area contributed by atoms with Crippen LogP contribution in [-0.4, -0.2) is 18.6 Å². The smallest absolute Gasteiger partial charge is 0.298 e. The van der Waals surface area contributed by atoms with Crippen molar-refractivity contribution < 1.29 is 22.8 Å². The van der Waals surface area contributed by atoms with Crippen LogP contribution in [0.3, 0.4) is 0 Å². The molecule has 1 heterocycles. The minimum absolute atomic E-state index is 0.0161. The Morgan fingerprint density at radius 2 is 1.18 bits per heavy atom. The van der Waals surface area contributed by atoms with Crippen molar-refractivity contribution in [2.24, 2.45) is 0 Å². The molecule has 0 aliphatic carbocycles. The summed E-state index contributed by atoms with van der Waals surface area (Å²) in [4.78, 5) is 0.127. The molecule has 0 fully saturated rings. The molecule has 1 aliphatic rings. The van der Waals surface area contributed by atoms with Gasteiger partial charge >= 0.3 is 0 Å². The maximum absolute atomic E-state index is 13.3. The molecule has 3 aromatic rings. The van der Waals surface area contributed by atoms with Crippen LogP contribution >= 0.6 is 0 Å². The third-order valence-electron chi connectivity index (χ3n) is 6.67. The summed E-state index contributed by atoms with van der Waals surface area (Å²) >= 11 is 0. The molecule has 33 heavy (non-hydrogen) atoms. The van der Waals surface area contributed by atoms with Gasteiger partial charge in [0, 0.05) is 5.56 Å². The summed E-state index contributed by atoms with van der Waals surface area (Å²) in [7, 11) is -4.05. The first kappa shape index (κ1) is 23.3. The van der Waals surface area contributed by atoms with E-state index in [2.05, 4.69) is 0 Å². The van der Waals surface area contributed by atoms with Crippen molar-refractivity contribution in [3.8, 4) is 11.5 Å². The van der Waals surface area contributed by atoms with Crippen LogP contribution < -0.4 is 0 Å².